The van der Waals surface area contributed by atoms with Crippen molar-refractivity contribution in [3.8, 4) is 0 Å². The molecule has 0 bridgehead atoms. The minimum Gasteiger partial charge on any atom is -0.314 e. The van der Waals surface area contributed by atoms with Crippen LogP contribution in [-0.2, 0) is 13.0 Å². The Hall–Kier alpha value is -0.900. The summed E-state index contributed by atoms with van der Waals surface area (Å²) in [4.78, 5) is 0. The van der Waals surface area contributed by atoms with Crippen LogP contribution in [0.15, 0.2) is 0 Å². The minimum absolute atomic E-state index is 0.648. The Balaban J connectivity index is 2.21. The maximum absolute atomic E-state index is 4.24. The van der Waals surface area contributed by atoms with E-state index >= 15 is 0 Å². The highest BCUT2D eigenvalue weighted by atomic mass is 15.5. The molecule has 2 rings (SSSR count). The quantitative estimate of drug-likeness (QED) is 0.768. The number of hydrogen-bond acceptors (Lipinski definition) is 3. The zero-order chi connectivity index (χ0) is 9.97. The summed E-state index contributed by atoms with van der Waals surface area (Å²) in [6.07, 6.45) is 4.81. The molecule has 0 atom stereocenters. The molecule has 0 saturated heterocycles. The summed E-state index contributed by atoms with van der Waals surface area (Å²) in [5, 5.41) is 11.6. The van der Waals surface area contributed by atoms with E-state index in [1.54, 1.807) is 0 Å². The van der Waals surface area contributed by atoms with Gasteiger partial charge in [-0.05, 0) is 26.3 Å². The van der Waals surface area contributed by atoms with Crippen LogP contribution in [0.1, 0.15) is 43.6 Å². The Labute approximate surface area is 84.7 Å². The van der Waals surface area contributed by atoms with Gasteiger partial charge in [0.15, 0.2) is 0 Å². The van der Waals surface area contributed by atoms with Crippen molar-refractivity contribution in [2.45, 2.75) is 45.2 Å². The fraction of sp³-hybridized carbons (Fsp3) is 0.800. The van der Waals surface area contributed by atoms with Crippen LogP contribution < -0.4 is 5.32 Å². The molecule has 1 aliphatic carbocycles. The first-order valence-electron chi connectivity index (χ1n) is 5.44. The van der Waals surface area contributed by atoms with E-state index in [2.05, 4.69) is 27.2 Å². The van der Waals surface area contributed by atoms with E-state index in [0.717, 1.165) is 25.1 Å². The van der Waals surface area contributed by atoms with E-state index in [1.165, 1.54) is 18.5 Å². The first-order chi connectivity index (χ1) is 6.86. The van der Waals surface area contributed by atoms with Crippen molar-refractivity contribution in [1.82, 2.24) is 20.3 Å². The SMILES string of the molecule is CCCc1c(CNC)nnn1C1CC1. The van der Waals surface area contributed by atoms with Crippen molar-refractivity contribution in [3.05, 3.63) is 11.4 Å². The van der Waals surface area contributed by atoms with Gasteiger partial charge < -0.3 is 5.32 Å². The van der Waals surface area contributed by atoms with Gasteiger partial charge in [0, 0.05) is 6.54 Å². The Morgan fingerprint density at radius 2 is 2.29 bits per heavy atom. The van der Waals surface area contributed by atoms with Gasteiger partial charge in [-0.15, -0.1) is 5.10 Å². The Morgan fingerprint density at radius 3 is 2.86 bits per heavy atom. The van der Waals surface area contributed by atoms with Crippen molar-refractivity contribution in [3.63, 3.8) is 0 Å². The van der Waals surface area contributed by atoms with Gasteiger partial charge in [-0.25, -0.2) is 4.68 Å². The van der Waals surface area contributed by atoms with Crippen LogP contribution in [0.3, 0.4) is 0 Å². The van der Waals surface area contributed by atoms with E-state index in [0.29, 0.717) is 6.04 Å². The van der Waals surface area contributed by atoms with E-state index in [9.17, 15) is 0 Å². The minimum atomic E-state index is 0.648. The molecule has 1 N–H and O–H groups in total. The summed E-state index contributed by atoms with van der Waals surface area (Å²) < 4.78 is 2.14. The summed E-state index contributed by atoms with van der Waals surface area (Å²) in [5.74, 6) is 0. The molecule has 1 heterocycles. The second kappa shape index (κ2) is 4.09. The topological polar surface area (TPSA) is 42.7 Å². The summed E-state index contributed by atoms with van der Waals surface area (Å²) >= 11 is 0. The molecule has 4 heteroatoms. The van der Waals surface area contributed by atoms with Crippen molar-refractivity contribution < 1.29 is 0 Å². The van der Waals surface area contributed by atoms with Gasteiger partial charge >= 0.3 is 0 Å². The monoisotopic (exact) mass is 194 g/mol. The second-order valence-corrected chi connectivity index (χ2v) is 3.94. The zero-order valence-corrected chi connectivity index (χ0v) is 8.95. The largest absolute Gasteiger partial charge is 0.314 e. The number of hydrogen-bond donors (Lipinski definition) is 1. The highest BCUT2D eigenvalue weighted by Crippen LogP contribution is 2.35. The van der Waals surface area contributed by atoms with Crippen LogP contribution >= 0.6 is 0 Å². The molecule has 0 aliphatic heterocycles. The fourth-order valence-corrected chi connectivity index (χ4v) is 1.76. The molecule has 1 fully saturated rings. The molecule has 1 saturated carbocycles. The van der Waals surface area contributed by atoms with Crippen LogP contribution in [0.2, 0.25) is 0 Å². The van der Waals surface area contributed by atoms with Gasteiger partial charge in [0.1, 0.15) is 0 Å². The number of nitrogens with one attached hydrogen (secondary N) is 1. The normalized spacial score (nSPS) is 16.1. The molecule has 0 amide bonds. The van der Waals surface area contributed by atoms with Gasteiger partial charge in [0.25, 0.3) is 0 Å². The smallest absolute Gasteiger partial charge is 0.0996 e. The van der Waals surface area contributed by atoms with Crippen molar-refractivity contribution in [1.29, 1.82) is 0 Å². The van der Waals surface area contributed by atoms with Crippen LogP contribution in [0, 0.1) is 0 Å². The van der Waals surface area contributed by atoms with Crippen LogP contribution in [0.5, 0.6) is 0 Å². The van der Waals surface area contributed by atoms with E-state index < -0.39 is 0 Å². The van der Waals surface area contributed by atoms with Crippen molar-refractivity contribution >= 4 is 0 Å². The highest BCUT2D eigenvalue weighted by molar-refractivity contribution is 5.12. The Bertz CT molecular complexity index is 301. The van der Waals surface area contributed by atoms with Crippen LogP contribution in [0.4, 0.5) is 0 Å². The van der Waals surface area contributed by atoms with Gasteiger partial charge in [-0.2, -0.15) is 0 Å². The third kappa shape index (κ3) is 1.80. The molecule has 0 radical (unpaired) electrons. The third-order valence-electron chi connectivity index (χ3n) is 2.60. The van der Waals surface area contributed by atoms with Crippen molar-refractivity contribution in [2.24, 2.45) is 0 Å². The number of aromatic nitrogens is 3. The first kappa shape index (κ1) is 9.65. The van der Waals surface area contributed by atoms with Crippen molar-refractivity contribution in [2.75, 3.05) is 7.05 Å². The summed E-state index contributed by atoms with van der Waals surface area (Å²) in [6.45, 7) is 3.04. The lowest BCUT2D eigenvalue weighted by Gasteiger charge is -2.04. The molecule has 14 heavy (non-hydrogen) atoms. The molecule has 4 nitrogen and oxygen atoms in total. The Morgan fingerprint density at radius 1 is 1.50 bits per heavy atom. The molecule has 0 aromatic carbocycles. The average molecular weight is 194 g/mol. The molecule has 1 aliphatic rings. The number of rotatable bonds is 5. The summed E-state index contributed by atoms with van der Waals surface area (Å²) in [6, 6.07) is 0.648. The van der Waals surface area contributed by atoms with Crippen LogP contribution in [-0.4, -0.2) is 22.0 Å². The molecule has 78 valence electrons. The van der Waals surface area contributed by atoms with E-state index in [-0.39, 0.29) is 0 Å². The molecule has 1 aromatic rings. The fourth-order valence-electron chi connectivity index (χ4n) is 1.76. The molecular formula is C10H18N4. The lowest BCUT2D eigenvalue weighted by molar-refractivity contribution is 0.578. The summed E-state index contributed by atoms with van der Waals surface area (Å²) in [7, 11) is 1.95. The highest BCUT2D eigenvalue weighted by Gasteiger charge is 2.28. The predicted molar refractivity (Wildman–Crippen MR) is 55.1 cm³/mol. The van der Waals surface area contributed by atoms with Crippen LogP contribution in [0.25, 0.3) is 0 Å². The third-order valence-corrected chi connectivity index (χ3v) is 2.60. The lowest BCUT2D eigenvalue weighted by atomic mass is 10.2. The van der Waals surface area contributed by atoms with Gasteiger partial charge in [-0.1, -0.05) is 18.6 Å². The average Bonchev–Trinajstić information content (AvgIpc) is 2.94. The van der Waals surface area contributed by atoms with Gasteiger partial charge in [0.2, 0.25) is 0 Å². The maximum Gasteiger partial charge on any atom is 0.0996 e. The summed E-state index contributed by atoms with van der Waals surface area (Å²) in [5.41, 5.74) is 2.46. The van der Waals surface area contributed by atoms with Gasteiger partial charge in [-0.3, -0.25) is 0 Å². The van der Waals surface area contributed by atoms with E-state index in [1.807, 2.05) is 7.05 Å². The lowest BCUT2D eigenvalue weighted by Crippen LogP contribution is -2.09. The first-order valence-corrected chi connectivity index (χ1v) is 5.44. The van der Waals surface area contributed by atoms with Gasteiger partial charge in [0.05, 0.1) is 17.4 Å². The molecule has 1 aromatic heterocycles. The van der Waals surface area contributed by atoms with E-state index in [4.69, 9.17) is 0 Å². The zero-order valence-electron chi connectivity index (χ0n) is 8.95. The number of nitrogens with zero attached hydrogens (tertiary/aromatic N) is 3. The predicted octanol–water partition coefficient (Wildman–Crippen LogP) is 1.28. The second-order valence-electron chi connectivity index (χ2n) is 3.94. The molecule has 0 spiro atoms. The standard InChI is InChI=1S/C10H18N4/c1-3-4-10-9(7-11-2)12-13-14(10)8-5-6-8/h8,11H,3-7H2,1-2H3. The molecular weight excluding hydrogens is 176 g/mol. The Kier molecular flexibility index (Phi) is 2.82. The maximum atomic E-state index is 4.24. The molecule has 0 unspecified atom stereocenters.